The van der Waals surface area contributed by atoms with Crippen LogP contribution in [0.4, 0.5) is 16.2 Å². The number of aromatic nitrogens is 1. The van der Waals surface area contributed by atoms with Crippen LogP contribution in [0.3, 0.4) is 0 Å². The van der Waals surface area contributed by atoms with E-state index in [1.165, 1.54) is 30.5 Å². The van der Waals surface area contributed by atoms with Crippen LogP contribution in [-0.4, -0.2) is 60.1 Å². The molecule has 2 aliphatic heterocycles. The van der Waals surface area contributed by atoms with Crippen LogP contribution in [0.15, 0.2) is 48.8 Å². The van der Waals surface area contributed by atoms with Crippen molar-refractivity contribution >= 4 is 17.4 Å². The predicted octanol–water partition coefficient (Wildman–Crippen LogP) is 3.42. The van der Waals surface area contributed by atoms with Gasteiger partial charge in [0, 0.05) is 69.6 Å². The Hall–Kier alpha value is -2.60. The zero-order chi connectivity index (χ0) is 19.2. The van der Waals surface area contributed by atoms with E-state index in [-0.39, 0.29) is 6.03 Å². The van der Waals surface area contributed by atoms with E-state index in [1.807, 2.05) is 29.3 Å². The smallest absolute Gasteiger partial charge is 0.321 e. The molecule has 6 nitrogen and oxygen atoms in total. The number of carbonyl (C=O) groups excluding carboxylic acids is 1. The molecular formula is C22H29N5O. The van der Waals surface area contributed by atoms with Crippen molar-refractivity contribution in [3.8, 4) is 0 Å². The molecule has 28 heavy (non-hydrogen) atoms. The average molecular weight is 380 g/mol. The molecule has 0 radical (unpaired) electrons. The van der Waals surface area contributed by atoms with Crippen molar-refractivity contribution in [3.05, 3.63) is 54.4 Å². The van der Waals surface area contributed by atoms with E-state index in [4.69, 9.17) is 0 Å². The molecule has 6 heteroatoms. The van der Waals surface area contributed by atoms with Gasteiger partial charge in [0.2, 0.25) is 0 Å². The lowest BCUT2D eigenvalue weighted by Gasteiger charge is -2.34. The molecule has 0 aliphatic carbocycles. The van der Waals surface area contributed by atoms with Crippen LogP contribution >= 0.6 is 0 Å². The first-order valence-electron chi connectivity index (χ1n) is 10.3. The summed E-state index contributed by atoms with van der Waals surface area (Å²) in [5.41, 5.74) is 3.33. The molecule has 0 saturated carbocycles. The third-order valence-corrected chi connectivity index (χ3v) is 5.63. The molecule has 148 valence electrons. The lowest BCUT2D eigenvalue weighted by molar-refractivity contribution is 0.143. The quantitative estimate of drug-likeness (QED) is 0.884. The standard InChI is InChI=1S/C22H29N5O/c28-22(24-20-6-8-21(9-7-20)26-11-2-1-3-12-26)27-15-13-25(14-16-27)18-19-5-4-10-23-17-19/h4-10,17H,1-3,11-16,18H2,(H,24,28). The van der Waals surface area contributed by atoms with Crippen molar-refractivity contribution < 1.29 is 4.79 Å². The van der Waals surface area contributed by atoms with Gasteiger partial charge in [-0.1, -0.05) is 6.07 Å². The van der Waals surface area contributed by atoms with Gasteiger partial charge in [-0.15, -0.1) is 0 Å². The van der Waals surface area contributed by atoms with Crippen molar-refractivity contribution in [1.29, 1.82) is 0 Å². The number of hydrogen-bond donors (Lipinski definition) is 1. The molecule has 0 unspecified atom stereocenters. The van der Waals surface area contributed by atoms with E-state index in [0.29, 0.717) is 0 Å². The molecule has 2 aromatic rings. The first-order valence-corrected chi connectivity index (χ1v) is 10.3. The van der Waals surface area contributed by atoms with Crippen molar-refractivity contribution in [2.75, 3.05) is 49.5 Å². The second kappa shape index (κ2) is 9.06. The number of nitrogens with one attached hydrogen (secondary N) is 1. The number of urea groups is 1. The molecule has 2 fully saturated rings. The SMILES string of the molecule is O=C(Nc1ccc(N2CCCCC2)cc1)N1CCN(Cc2cccnc2)CC1. The molecular weight excluding hydrogens is 350 g/mol. The summed E-state index contributed by atoms with van der Waals surface area (Å²) < 4.78 is 0. The highest BCUT2D eigenvalue weighted by molar-refractivity contribution is 5.89. The molecule has 2 amide bonds. The van der Waals surface area contributed by atoms with Gasteiger partial charge < -0.3 is 15.1 Å². The summed E-state index contributed by atoms with van der Waals surface area (Å²) in [7, 11) is 0. The van der Waals surface area contributed by atoms with Crippen LogP contribution in [0.5, 0.6) is 0 Å². The third kappa shape index (κ3) is 4.81. The number of pyridine rings is 1. The zero-order valence-corrected chi connectivity index (χ0v) is 16.4. The van der Waals surface area contributed by atoms with Gasteiger partial charge in [-0.3, -0.25) is 9.88 Å². The summed E-state index contributed by atoms with van der Waals surface area (Å²) in [5.74, 6) is 0. The Morgan fingerprint density at radius 1 is 0.929 bits per heavy atom. The van der Waals surface area contributed by atoms with E-state index >= 15 is 0 Å². The number of anilines is 2. The van der Waals surface area contributed by atoms with Gasteiger partial charge in [0.05, 0.1) is 0 Å². The zero-order valence-electron chi connectivity index (χ0n) is 16.4. The Balaban J connectivity index is 1.25. The summed E-state index contributed by atoms with van der Waals surface area (Å²) in [5, 5.41) is 3.05. The second-order valence-corrected chi connectivity index (χ2v) is 7.65. The van der Waals surface area contributed by atoms with Gasteiger partial charge in [0.15, 0.2) is 0 Å². The van der Waals surface area contributed by atoms with Crippen molar-refractivity contribution in [3.63, 3.8) is 0 Å². The van der Waals surface area contributed by atoms with Crippen molar-refractivity contribution in [1.82, 2.24) is 14.8 Å². The Morgan fingerprint density at radius 2 is 1.68 bits per heavy atom. The van der Waals surface area contributed by atoms with E-state index in [0.717, 1.165) is 51.5 Å². The molecule has 1 aromatic carbocycles. The van der Waals surface area contributed by atoms with Gasteiger partial charge in [-0.2, -0.15) is 0 Å². The molecule has 1 N–H and O–H groups in total. The fourth-order valence-corrected chi connectivity index (χ4v) is 3.97. The Kier molecular flexibility index (Phi) is 6.07. The van der Waals surface area contributed by atoms with Gasteiger partial charge in [0.25, 0.3) is 0 Å². The van der Waals surface area contributed by atoms with Crippen LogP contribution in [0.25, 0.3) is 0 Å². The topological polar surface area (TPSA) is 51.7 Å². The molecule has 0 spiro atoms. The molecule has 0 atom stereocenters. The number of benzene rings is 1. The predicted molar refractivity (Wildman–Crippen MR) is 113 cm³/mol. The highest BCUT2D eigenvalue weighted by Gasteiger charge is 2.21. The fraction of sp³-hybridized carbons (Fsp3) is 0.455. The minimum Gasteiger partial charge on any atom is -0.372 e. The molecule has 1 aromatic heterocycles. The van der Waals surface area contributed by atoms with Gasteiger partial charge in [-0.25, -0.2) is 4.79 Å². The second-order valence-electron chi connectivity index (χ2n) is 7.65. The van der Waals surface area contributed by atoms with E-state index < -0.39 is 0 Å². The van der Waals surface area contributed by atoms with E-state index in [2.05, 4.69) is 38.3 Å². The van der Waals surface area contributed by atoms with Crippen molar-refractivity contribution in [2.24, 2.45) is 0 Å². The lowest BCUT2D eigenvalue weighted by atomic mass is 10.1. The van der Waals surface area contributed by atoms with E-state index in [9.17, 15) is 4.79 Å². The van der Waals surface area contributed by atoms with Crippen LogP contribution < -0.4 is 10.2 Å². The molecule has 2 saturated heterocycles. The Bertz CT molecular complexity index is 750. The van der Waals surface area contributed by atoms with E-state index in [1.54, 1.807) is 6.20 Å². The average Bonchev–Trinajstić information content (AvgIpc) is 2.76. The number of rotatable bonds is 4. The van der Waals surface area contributed by atoms with Gasteiger partial charge in [0.1, 0.15) is 0 Å². The number of piperidine rings is 1. The lowest BCUT2D eigenvalue weighted by Crippen LogP contribution is -2.49. The summed E-state index contributed by atoms with van der Waals surface area (Å²) in [6.45, 7) is 6.42. The molecule has 3 heterocycles. The van der Waals surface area contributed by atoms with Crippen LogP contribution in [-0.2, 0) is 6.54 Å². The van der Waals surface area contributed by atoms with Crippen LogP contribution in [0.1, 0.15) is 24.8 Å². The van der Waals surface area contributed by atoms with Gasteiger partial charge >= 0.3 is 6.03 Å². The van der Waals surface area contributed by atoms with Gasteiger partial charge in [-0.05, 0) is 55.2 Å². The molecule has 4 rings (SSSR count). The third-order valence-electron chi connectivity index (χ3n) is 5.63. The maximum Gasteiger partial charge on any atom is 0.321 e. The normalized spacial score (nSPS) is 18.1. The number of amides is 2. The maximum atomic E-state index is 12.6. The monoisotopic (exact) mass is 379 g/mol. The largest absolute Gasteiger partial charge is 0.372 e. The number of nitrogens with zero attached hydrogens (tertiary/aromatic N) is 4. The molecule has 0 bridgehead atoms. The van der Waals surface area contributed by atoms with Crippen molar-refractivity contribution in [2.45, 2.75) is 25.8 Å². The minimum atomic E-state index is -0.00764. The highest BCUT2D eigenvalue weighted by Crippen LogP contribution is 2.22. The highest BCUT2D eigenvalue weighted by atomic mass is 16.2. The maximum absolute atomic E-state index is 12.6. The van der Waals surface area contributed by atoms with Crippen LogP contribution in [0.2, 0.25) is 0 Å². The Morgan fingerprint density at radius 3 is 2.36 bits per heavy atom. The summed E-state index contributed by atoms with van der Waals surface area (Å²) in [4.78, 5) is 23.5. The van der Waals surface area contributed by atoms with Crippen LogP contribution in [0, 0.1) is 0 Å². The number of carbonyl (C=O) groups is 1. The minimum absolute atomic E-state index is 0.00764. The summed E-state index contributed by atoms with van der Waals surface area (Å²) >= 11 is 0. The summed E-state index contributed by atoms with van der Waals surface area (Å²) in [6, 6.07) is 12.3. The first-order chi connectivity index (χ1) is 13.8. The number of piperazine rings is 1. The molecule has 2 aliphatic rings. The Labute approximate surface area is 167 Å². The summed E-state index contributed by atoms with van der Waals surface area (Å²) in [6.07, 6.45) is 7.58. The number of hydrogen-bond acceptors (Lipinski definition) is 4. The first kappa shape index (κ1) is 18.7. The fourth-order valence-electron chi connectivity index (χ4n) is 3.97.